The standard InChI is InChI=1S/C21H22N2O5S/c1-13(2)23-29(26,27)15-9-11-19-18(12-15)17(20(24)22-19)10-8-14-6-4-5-7-16(14)21(25)28-3/h4-7,9-13,23H,8H2,1-3H3,(H,22,24). The van der Waals surface area contributed by atoms with Crippen LogP contribution >= 0.6 is 0 Å². The second kappa shape index (κ2) is 8.18. The van der Waals surface area contributed by atoms with Gasteiger partial charge in [0.15, 0.2) is 0 Å². The molecule has 1 heterocycles. The molecule has 0 aromatic heterocycles. The molecule has 0 unspecified atom stereocenters. The van der Waals surface area contributed by atoms with Crippen molar-refractivity contribution in [3.8, 4) is 0 Å². The fourth-order valence-electron chi connectivity index (χ4n) is 3.13. The topological polar surface area (TPSA) is 102 Å². The van der Waals surface area contributed by atoms with E-state index in [4.69, 9.17) is 4.74 Å². The largest absolute Gasteiger partial charge is 0.465 e. The second-order valence-electron chi connectivity index (χ2n) is 6.91. The van der Waals surface area contributed by atoms with Crippen molar-refractivity contribution >= 4 is 33.2 Å². The number of ether oxygens (including phenoxy) is 1. The Bertz CT molecular complexity index is 1100. The molecular weight excluding hydrogens is 392 g/mol. The van der Waals surface area contributed by atoms with Crippen molar-refractivity contribution in [2.45, 2.75) is 31.2 Å². The van der Waals surface area contributed by atoms with E-state index in [-0.39, 0.29) is 16.8 Å². The number of nitrogens with one attached hydrogen (secondary N) is 2. The lowest BCUT2D eigenvalue weighted by Gasteiger charge is -2.10. The fraction of sp³-hybridized carbons (Fsp3) is 0.238. The summed E-state index contributed by atoms with van der Waals surface area (Å²) >= 11 is 0. The van der Waals surface area contributed by atoms with Gasteiger partial charge in [0.25, 0.3) is 5.91 Å². The molecule has 8 heteroatoms. The highest BCUT2D eigenvalue weighted by Crippen LogP contribution is 2.34. The van der Waals surface area contributed by atoms with Crippen LogP contribution in [-0.4, -0.2) is 33.4 Å². The van der Waals surface area contributed by atoms with Crippen LogP contribution in [0, 0.1) is 0 Å². The number of rotatable bonds is 6. The first-order valence-electron chi connectivity index (χ1n) is 9.07. The molecule has 3 rings (SSSR count). The van der Waals surface area contributed by atoms with Gasteiger partial charge in [-0.05, 0) is 50.1 Å². The number of methoxy groups -OCH3 is 1. The highest BCUT2D eigenvalue weighted by atomic mass is 32.2. The van der Waals surface area contributed by atoms with Crippen LogP contribution in [0.2, 0.25) is 0 Å². The van der Waals surface area contributed by atoms with Crippen molar-refractivity contribution in [3.63, 3.8) is 0 Å². The molecule has 0 atom stereocenters. The summed E-state index contributed by atoms with van der Waals surface area (Å²) < 4.78 is 32.3. The molecule has 1 aliphatic rings. The number of sulfonamides is 1. The first-order valence-corrected chi connectivity index (χ1v) is 10.6. The molecule has 1 aliphatic heterocycles. The van der Waals surface area contributed by atoms with Crippen LogP contribution < -0.4 is 10.0 Å². The maximum Gasteiger partial charge on any atom is 0.338 e. The van der Waals surface area contributed by atoms with Gasteiger partial charge in [-0.15, -0.1) is 0 Å². The van der Waals surface area contributed by atoms with Gasteiger partial charge < -0.3 is 10.1 Å². The highest BCUT2D eigenvalue weighted by Gasteiger charge is 2.27. The summed E-state index contributed by atoms with van der Waals surface area (Å²) in [4.78, 5) is 24.5. The number of carbonyl (C=O) groups is 2. The van der Waals surface area contributed by atoms with E-state index in [1.165, 1.54) is 19.2 Å². The van der Waals surface area contributed by atoms with Crippen molar-refractivity contribution in [2.24, 2.45) is 0 Å². The van der Waals surface area contributed by atoms with E-state index in [1.807, 2.05) is 0 Å². The number of benzene rings is 2. The summed E-state index contributed by atoms with van der Waals surface area (Å²) in [6.45, 7) is 3.47. The van der Waals surface area contributed by atoms with E-state index in [9.17, 15) is 18.0 Å². The van der Waals surface area contributed by atoms with Crippen LogP contribution in [0.15, 0.2) is 53.4 Å². The van der Waals surface area contributed by atoms with Gasteiger partial charge in [0.2, 0.25) is 10.0 Å². The minimum atomic E-state index is -3.69. The van der Waals surface area contributed by atoms with E-state index in [1.54, 1.807) is 50.3 Å². The monoisotopic (exact) mass is 414 g/mol. The molecular formula is C21H22N2O5S. The van der Waals surface area contributed by atoms with E-state index >= 15 is 0 Å². The lowest BCUT2D eigenvalue weighted by Crippen LogP contribution is -2.30. The van der Waals surface area contributed by atoms with Gasteiger partial charge in [0.1, 0.15) is 0 Å². The van der Waals surface area contributed by atoms with Crippen LogP contribution in [0.5, 0.6) is 0 Å². The summed E-state index contributed by atoms with van der Waals surface area (Å²) in [6, 6.07) is 11.2. The zero-order valence-electron chi connectivity index (χ0n) is 16.4. The number of amides is 1. The Kier molecular flexibility index (Phi) is 5.86. The van der Waals surface area contributed by atoms with Crippen molar-refractivity contribution in [1.29, 1.82) is 0 Å². The van der Waals surface area contributed by atoms with Crippen LogP contribution in [0.4, 0.5) is 5.69 Å². The molecule has 0 aliphatic carbocycles. The minimum absolute atomic E-state index is 0.0855. The van der Waals surface area contributed by atoms with E-state index in [0.29, 0.717) is 34.4 Å². The summed E-state index contributed by atoms with van der Waals surface area (Å²) in [5, 5.41) is 2.74. The summed E-state index contributed by atoms with van der Waals surface area (Å²) in [5.74, 6) is -0.773. The summed E-state index contributed by atoms with van der Waals surface area (Å²) in [7, 11) is -2.38. The molecule has 2 aromatic carbocycles. The molecule has 1 amide bonds. The van der Waals surface area contributed by atoms with E-state index in [0.717, 1.165) is 0 Å². The average molecular weight is 414 g/mol. The highest BCUT2D eigenvalue weighted by molar-refractivity contribution is 7.89. The third-order valence-electron chi connectivity index (χ3n) is 4.42. The number of carbonyl (C=O) groups excluding carboxylic acids is 2. The molecule has 2 aromatic rings. The van der Waals surface area contributed by atoms with Crippen molar-refractivity contribution in [3.05, 3.63) is 65.2 Å². The van der Waals surface area contributed by atoms with Crippen molar-refractivity contribution < 1.29 is 22.7 Å². The smallest absolute Gasteiger partial charge is 0.338 e. The van der Waals surface area contributed by atoms with Crippen LogP contribution in [-0.2, 0) is 26.0 Å². The maximum atomic E-state index is 12.5. The number of allylic oxidation sites excluding steroid dienone is 1. The van der Waals surface area contributed by atoms with Crippen LogP contribution in [0.3, 0.4) is 0 Å². The SMILES string of the molecule is COC(=O)c1ccccc1CC=C1C(=O)Nc2ccc(S(=O)(=O)NC(C)C)cc21. The molecule has 0 fully saturated rings. The Morgan fingerprint density at radius 2 is 1.93 bits per heavy atom. The predicted octanol–water partition coefficient (Wildman–Crippen LogP) is 2.74. The van der Waals surface area contributed by atoms with Crippen molar-refractivity contribution in [1.82, 2.24) is 4.72 Å². The second-order valence-corrected chi connectivity index (χ2v) is 8.62. The normalized spacial score (nSPS) is 14.8. The lowest BCUT2D eigenvalue weighted by atomic mass is 10.0. The third kappa shape index (κ3) is 4.38. The molecule has 0 saturated carbocycles. The van der Waals surface area contributed by atoms with Gasteiger partial charge in [-0.2, -0.15) is 0 Å². The first kappa shape index (κ1) is 20.8. The number of fused-ring (bicyclic) bond motifs is 1. The quantitative estimate of drug-likeness (QED) is 0.559. The van der Waals surface area contributed by atoms with Gasteiger partial charge in [0, 0.05) is 22.9 Å². The number of anilines is 1. The molecule has 0 saturated heterocycles. The van der Waals surface area contributed by atoms with Crippen LogP contribution in [0.25, 0.3) is 5.57 Å². The molecule has 29 heavy (non-hydrogen) atoms. The molecule has 2 N–H and O–H groups in total. The van der Waals surface area contributed by atoms with Crippen LogP contribution in [0.1, 0.15) is 35.3 Å². The predicted molar refractivity (Wildman–Crippen MR) is 110 cm³/mol. The number of esters is 1. The Balaban J connectivity index is 1.97. The Labute approximate surface area is 169 Å². The first-order chi connectivity index (χ1) is 13.7. The molecule has 0 spiro atoms. The summed E-state index contributed by atoms with van der Waals surface area (Å²) in [5.41, 5.74) is 2.55. The zero-order chi connectivity index (χ0) is 21.2. The van der Waals surface area contributed by atoms with E-state index < -0.39 is 16.0 Å². The molecule has 7 nitrogen and oxygen atoms in total. The fourth-order valence-corrected chi connectivity index (χ4v) is 4.41. The minimum Gasteiger partial charge on any atom is -0.465 e. The van der Waals surface area contributed by atoms with Gasteiger partial charge in [0.05, 0.1) is 17.6 Å². The van der Waals surface area contributed by atoms with Gasteiger partial charge in [-0.1, -0.05) is 24.3 Å². The molecule has 0 radical (unpaired) electrons. The molecule has 152 valence electrons. The Hall–Kier alpha value is -2.97. The molecule has 0 bridgehead atoms. The Morgan fingerprint density at radius 3 is 2.62 bits per heavy atom. The lowest BCUT2D eigenvalue weighted by molar-refractivity contribution is -0.110. The van der Waals surface area contributed by atoms with Gasteiger partial charge in [-0.3, -0.25) is 4.79 Å². The summed E-state index contributed by atoms with van der Waals surface area (Å²) in [6.07, 6.45) is 2.00. The van der Waals surface area contributed by atoms with Gasteiger partial charge in [-0.25, -0.2) is 17.9 Å². The maximum absolute atomic E-state index is 12.5. The zero-order valence-corrected chi connectivity index (χ0v) is 17.2. The average Bonchev–Trinajstić information content (AvgIpc) is 2.99. The third-order valence-corrected chi connectivity index (χ3v) is 6.08. The van der Waals surface area contributed by atoms with Gasteiger partial charge >= 0.3 is 5.97 Å². The number of hydrogen-bond donors (Lipinski definition) is 2. The van der Waals surface area contributed by atoms with Crippen molar-refractivity contribution in [2.75, 3.05) is 12.4 Å². The van der Waals surface area contributed by atoms with E-state index in [2.05, 4.69) is 10.0 Å². The Morgan fingerprint density at radius 1 is 1.21 bits per heavy atom. The number of hydrogen-bond acceptors (Lipinski definition) is 5.